The molecule has 2 heteroatoms. The molecule has 15 heavy (non-hydrogen) atoms. The van der Waals surface area contributed by atoms with Gasteiger partial charge in [0, 0.05) is 5.02 Å². The zero-order valence-electron chi connectivity index (χ0n) is 8.97. The van der Waals surface area contributed by atoms with Crippen molar-refractivity contribution in [1.82, 2.24) is 0 Å². The molecule has 0 nitrogen and oxygen atoms in total. The third kappa shape index (κ3) is 4.05. The van der Waals surface area contributed by atoms with Gasteiger partial charge in [-0.05, 0) is 36.1 Å². The molecule has 0 saturated carbocycles. The van der Waals surface area contributed by atoms with Crippen molar-refractivity contribution in [2.75, 3.05) is 0 Å². The molecule has 0 saturated heterocycles. The van der Waals surface area contributed by atoms with Crippen molar-refractivity contribution in [3.8, 4) is 0 Å². The van der Waals surface area contributed by atoms with Gasteiger partial charge in [-0.1, -0.05) is 43.5 Å². The van der Waals surface area contributed by atoms with E-state index in [9.17, 15) is 4.39 Å². The molecule has 0 heterocycles. The van der Waals surface area contributed by atoms with E-state index in [1.165, 1.54) is 0 Å². The van der Waals surface area contributed by atoms with Gasteiger partial charge in [-0.25, -0.2) is 4.39 Å². The van der Waals surface area contributed by atoms with Crippen molar-refractivity contribution in [3.05, 3.63) is 41.2 Å². The Morgan fingerprint density at radius 2 is 1.93 bits per heavy atom. The maximum absolute atomic E-state index is 12.7. The van der Waals surface area contributed by atoms with E-state index in [0.717, 1.165) is 36.8 Å². The van der Waals surface area contributed by atoms with Crippen LogP contribution in [0.3, 0.4) is 0 Å². The monoisotopic (exact) mass is 226 g/mol. The van der Waals surface area contributed by atoms with E-state index in [1.807, 2.05) is 12.1 Å². The Morgan fingerprint density at radius 3 is 2.47 bits per heavy atom. The number of benzene rings is 1. The summed E-state index contributed by atoms with van der Waals surface area (Å²) >= 11 is 5.77. The minimum Gasteiger partial charge on any atom is -0.215 e. The second-order valence-electron chi connectivity index (χ2n) is 3.60. The first-order chi connectivity index (χ1) is 7.27. The zero-order chi connectivity index (χ0) is 11.1. The van der Waals surface area contributed by atoms with Gasteiger partial charge in [-0.15, -0.1) is 0 Å². The molecule has 0 aromatic heterocycles. The molecule has 0 aliphatic heterocycles. The summed E-state index contributed by atoms with van der Waals surface area (Å²) in [5.41, 5.74) is 1.69. The number of halogens is 2. The number of rotatable bonds is 5. The average Bonchev–Trinajstić information content (AvgIpc) is 2.26. The lowest BCUT2D eigenvalue weighted by molar-refractivity contribution is 0.700. The summed E-state index contributed by atoms with van der Waals surface area (Å²) in [7, 11) is 0. The predicted molar refractivity (Wildman–Crippen MR) is 64.7 cm³/mol. The fourth-order valence-electron chi connectivity index (χ4n) is 1.49. The van der Waals surface area contributed by atoms with Gasteiger partial charge in [0.05, 0.1) is 6.33 Å². The second kappa shape index (κ2) is 6.62. The molecule has 0 unspecified atom stereocenters. The fraction of sp³-hybridized carbons (Fsp3) is 0.385. The van der Waals surface area contributed by atoms with E-state index in [1.54, 1.807) is 12.1 Å². The van der Waals surface area contributed by atoms with Crippen molar-refractivity contribution in [3.63, 3.8) is 0 Å². The van der Waals surface area contributed by atoms with Gasteiger partial charge in [0.2, 0.25) is 0 Å². The lowest BCUT2D eigenvalue weighted by Crippen LogP contribution is -1.84. The van der Waals surface area contributed by atoms with Gasteiger partial charge in [0.25, 0.3) is 0 Å². The highest BCUT2D eigenvalue weighted by Crippen LogP contribution is 2.22. The third-order valence-electron chi connectivity index (χ3n) is 2.40. The number of unbranched alkanes of at least 4 members (excludes halogenated alkanes) is 2. The molecule has 0 aliphatic rings. The topological polar surface area (TPSA) is 0 Å². The quantitative estimate of drug-likeness (QED) is 0.603. The first-order valence-corrected chi connectivity index (χ1v) is 5.71. The lowest BCUT2D eigenvalue weighted by atomic mass is 10.0. The Balaban J connectivity index is 2.63. The van der Waals surface area contributed by atoms with E-state index in [4.69, 9.17) is 11.6 Å². The van der Waals surface area contributed by atoms with Crippen molar-refractivity contribution < 1.29 is 4.39 Å². The summed E-state index contributed by atoms with van der Waals surface area (Å²) in [6.07, 6.45) is 4.84. The summed E-state index contributed by atoms with van der Waals surface area (Å²) < 4.78 is 12.7. The van der Waals surface area contributed by atoms with Crippen molar-refractivity contribution in [2.24, 2.45) is 0 Å². The number of hydrogen-bond donors (Lipinski definition) is 0. The Labute approximate surface area is 95.8 Å². The number of allylic oxidation sites excluding steroid dienone is 1. The van der Waals surface area contributed by atoms with Crippen LogP contribution in [0.5, 0.6) is 0 Å². The highest BCUT2D eigenvalue weighted by molar-refractivity contribution is 6.30. The van der Waals surface area contributed by atoms with Gasteiger partial charge in [-0.2, -0.15) is 0 Å². The Kier molecular flexibility index (Phi) is 5.41. The molecule has 1 aromatic carbocycles. The van der Waals surface area contributed by atoms with Gasteiger partial charge in [-0.3, -0.25) is 0 Å². The Hall–Kier alpha value is -0.820. The standard InChI is InChI=1S/C13H16ClF/c1-2-3-4-5-12(10-15)11-6-8-13(14)9-7-11/h6-10H,2-5H2,1H3/b12-10+. The lowest BCUT2D eigenvalue weighted by Gasteiger charge is -2.05. The van der Waals surface area contributed by atoms with Crippen LogP contribution in [-0.2, 0) is 0 Å². The third-order valence-corrected chi connectivity index (χ3v) is 2.65. The fourth-order valence-corrected chi connectivity index (χ4v) is 1.62. The van der Waals surface area contributed by atoms with Crippen LogP contribution in [0, 0.1) is 0 Å². The number of hydrogen-bond acceptors (Lipinski definition) is 0. The largest absolute Gasteiger partial charge is 0.215 e. The molecule has 82 valence electrons. The SMILES string of the molecule is CCCCC/C(=C\F)c1ccc(Cl)cc1. The summed E-state index contributed by atoms with van der Waals surface area (Å²) in [6, 6.07) is 7.31. The molecule has 0 fully saturated rings. The summed E-state index contributed by atoms with van der Waals surface area (Å²) in [5, 5.41) is 0.686. The molecular formula is C13H16ClF. The minimum atomic E-state index is 0.686. The normalized spacial score (nSPS) is 11.8. The van der Waals surface area contributed by atoms with E-state index in [2.05, 4.69) is 6.92 Å². The molecule has 0 amide bonds. The molecule has 0 radical (unpaired) electrons. The summed E-state index contributed by atoms with van der Waals surface area (Å²) in [4.78, 5) is 0. The average molecular weight is 227 g/mol. The zero-order valence-corrected chi connectivity index (χ0v) is 9.73. The Bertz CT molecular complexity index is 314. The molecule has 0 spiro atoms. The van der Waals surface area contributed by atoms with Crippen molar-refractivity contribution >= 4 is 17.2 Å². The van der Waals surface area contributed by atoms with E-state index < -0.39 is 0 Å². The van der Waals surface area contributed by atoms with Crippen LogP contribution in [-0.4, -0.2) is 0 Å². The predicted octanol–water partition coefficient (Wildman–Crippen LogP) is 5.23. The minimum absolute atomic E-state index is 0.686. The molecule has 0 N–H and O–H groups in total. The first kappa shape index (κ1) is 12.3. The maximum Gasteiger partial charge on any atom is 0.0904 e. The van der Waals surface area contributed by atoms with Crippen LogP contribution >= 0.6 is 11.6 Å². The highest BCUT2D eigenvalue weighted by Gasteiger charge is 2.01. The van der Waals surface area contributed by atoms with Crippen LogP contribution in [0.1, 0.15) is 38.2 Å². The van der Waals surface area contributed by atoms with Crippen molar-refractivity contribution in [2.45, 2.75) is 32.6 Å². The molecule has 1 aromatic rings. The molecular weight excluding hydrogens is 211 g/mol. The van der Waals surface area contributed by atoms with Crippen LogP contribution < -0.4 is 0 Å². The molecule has 0 atom stereocenters. The van der Waals surface area contributed by atoms with Gasteiger partial charge in [0.1, 0.15) is 0 Å². The van der Waals surface area contributed by atoms with Gasteiger partial charge in [0.15, 0.2) is 0 Å². The molecule has 0 aliphatic carbocycles. The van der Waals surface area contributed by atoms with Gasteiger partial charge >= 0.3 is 0 Å². The first-order valence-electron chi connectivity index (χ1n) is 5.33. The second-order valence-corrected chi connectivity index (χ2v) is 4.03. The maximum atomic E-state index is 12.7. The van der Waals surface area contributed by atoms with E-state index >= 15 is 0 Å². The van der Waals surface area contributed by atoms with Crippen molar-refractivity contribution in [1.29, 1.82) is 0 Å². The summed E-state index contributed by atoms with van der Waals surface area (Å²) in [5.74, 6) is 0. The molecule has 1 rings (SSSR count). The van der Waals surface area contributed by atoms with Crippen LogP contribution in [0.15, 0.2) is 30.6 Å². The van der Waals surface area contributed by atoms with Crippen LogP contribution in [0.25, 0.3) is 5.57 Å². The van der Waals surface area contributed by atoms with Crippen LogP contribution in [0.2, 0.25) is 5.02 Å². The van der Waals surface area contributed by atoms with Crippen LogP contribution in [0.4, 0.5) is 4.39 Å². The van der Waals surface area contributed by atoms with Gasteiger partial charge < -0.3 is 0 Å². The summed E-state index contributed by atoms with van der Waals surface area (Å²) in [6.45, 7) is 2.14. The molecule has 0 bridgehead atoms. The van der Waals surface area contributed by atoms with E-state index in [0.29, 0.717) is 11.4 Å². The smallest absolute Gasteiger partial charge is 0.0904 e. The Morgan fingerprint density at radius 1 is 1.27 bits per heavy atom. The highest BCUT2D eigenvalue weighted by atomic mass is 35.5. The van der Waals surface area contributed by atoms with E-state index in [-0.39, 0.29) is 0 Å².